The number of Topliss-reactive ketones (excluding diaryl/α,β-unsaturated/α-hetero) is 2. The third kappa shape index (κ3) is 3.35. The van der Waals surface area contributed by atoms with Gasteiger partial charge in [-0.25, -0.2) is 0 Å². The van der Waals surface area contributed by atoms with E-state index in [9.17, 15) is 9.59 Å². The van der Waals surface area contributed by atoms with E-state index in [2.05, 4.69) is 0 Å². The van der Waals surface area contributed by atoms with Gasteiger partial charge in [0, 0.05) is 25.6 Å². The van der Waals surface area contributed by atoms with Gasteiger partial charge in [0.1, 0.15) is 17.5 Å². The van der Waals surface area contributed by atoms with Crippen LogP contribution in [0.5, 0.6) is 5.75 Å². The van der Waals surface area contributed by atoms with Crippen LogP contribution in [0.3, 0.4) is 0 Å². The Labute approximate surface area is 147 Å². The second kappa shape index (κ2) is 6.89. The van der Waals surface area contributed by atoms with E-state index in [1.54, 1.807) is 6.07 Å². The van der Waals surface area contributed by atoms with Crippen LogP contribution >= 0.6 is 0 Å². The van der Waals surface area contributed by atoms with Gasteiger partial charge in [-0.15, -0.1) is 0 Å². The Balaban J connectivity index is 1.57. The molecule has 1 aromatic rings. The molecule has 0 bridgehead atoms. The number of ketones is 2. The molecule has 1 heterocycles. The fraction of sp³-hybridized carbons (Fsp3) is 0.600. The van der Waals surface area contributed by atoms with E-state index in [1.807, 2.05) is 12.1 Å². The molecule has 1 saturated heterocycles. The molecule has 3 aliphatic rings. The van der Waals surface area contributed by atoms with Gasteiger partial charge in [0.25, 0.3) is 0 Å². The lowest BCUT2D eigenvalue weighted by Crippen LogP contribution is -2.22. The Morgan fingerprint density at radius 1 is 1.08 bits per heavy atom. The minimum absolute atomic E-state index is 0.0538. The molecule has 0 aromatic heterocycles. The zero-order valence-corrected chi connectivity index (χ0v) is 14.4. The molecule has 1 aliphatic heterocycles. The van der Waals surface area contributed by atoms with Crippen LogP contribution in [0.1, 0.15) is 61.5 Å². The maximum Gasteiger partial charge on any atom is 0.151 e. The lowest BCUT2D eigenvalue weighted by Gasteiger charge is -2.24. The molecule has 25 heavy (non-hydrogen) atoms. The Bertz CT molecular complexity index is 676. The van der Waals surface area contributed by atoms with E-state index in [-0.39, 0.29) is 17.5 Å². The van der Waals surface area contributed by atoms with E-state index in [0.717, 1.165) is 56.4 Å². The summed E-state index contributed by atoms with van der Waals surface area (Å²) in [6, 6.07) is 5.59. The van der Waals surface area contributed by atoms with Gasteiger partial charge in [-0.05, 0) is 67.2 Å². The monoisotopic (exact) mass is 343 g/mol. The van der Waals surface area contributed by atoms with Crippen molar-refractivity contribution in [2.45, 2.75) is 50.4 Å². The Hall–Kier alpha value is -1.72. The van der Waals surface area contributed by atoms with E-state index >= 15 is 0 Å². The zero-order valence-electron chi connectivity index (χ0n) is 14.4. The molecule has 1 aromatic carbocycles. The second-order valence-electron chi connectivity index (χ2n) is 7.68. The maximum atomic E-state index is 13.1. The molecule has 0 amide bonds. The van der Waals surface area contributed by atoms with Gasteiger partial charge >= 0.3 is 0 Å². The predicted octanol–water partition coefficient (Wildman–Crippen LogP) is 2.87. The van der Waals surface area contributed by atoms with Crippen molar-refractivity contribution >= 4 is 11.6 Å². The highest BCUT2D eigenvalue weighted by molar-refractivity contribution is 6.14. The fourth-order valence-electron chi connectivity index (χ4n) is 4.41. The Morgan fingerprint density at radius 2 is 1.84 bits per heavy atom. The average Bonchev–Trinajstić information content (AvgIpc) is 3.43. The van der Waals surface area contributed by atoms with Crippen molar-refractivity contribution in [1.82, 2.24) is 0 Å². The standard InChI is InChI=1S/C20H25NO4/c21-25-15-3-4-16(13-1-2-13)17(11-15)19-18(22)10-14(20(19)23)9-12-5-7-24-8-6-12/h3-4,11-14,19H,1-2,5-10,21H2. The summed E-state index contributed by atoms with van der Waals surface area (Å²) in [6.07, 6.45) is 5.42. The van der Waals surface area contributed by atoms with E-state index in [1.165, 1.54) is 0 Å². The van der Waals surface area contributed by atoms with Crippen LogP contribution < -0.4 is 10.7 Å². The topological polar surface area (TPSA) is 78.6 Å². The Kier molecular flexibility index (Phi) is 4.61. The molecule has 5 heteroatoms. The molecule has 2 N–H and O–H groups in total. The van der Waals surface area contributed by atoms with E-state index < -0.39 is 5.92 Å². The van der Waals surface area contributed by atoms with Crippen LogP contribution in [0.2, 0.25) is 0 Å². The number of hydrogen-bond acceptors (Lipinski definition) is 5. The number of hydrogen-bond donors (Lipinski definition) is 1. The molecule has 0 spiro atoms. The van der Waals surface area contributed by atoms with Gasteiger partial charge in [0.15, 0.2) is 5.78 Å². The normalized spacial score (nSPS) is 27.7. The molecule has 2 saturated carbocycles. The summed E-state index contributed by atoms with van der Waals surface area (Å²) in [5, 5.41) is 0. The summed E-state index contributed by atoms with van der Waals surface area (Å²) in [6.45, 7) is 1.54. The van der Waals surface area contributed by atoms with Crippen molar-refractivity contribution in [1.29, 1.82) is 0 Å². The number of carbonyl (C=O) groups is 2. The van der Waals surface area contributed by atoms with Gasteiger partial charge in [-0.1, -0.05) is 6.07 Å². The largest absolute Gasteiger partial charge is 0.412 e. The van der Waals surface area contributed by atoms with E-state index in [4.69, 9.17) is 15.5 Å². The van der Waals surface area contributed by atoms with Crippen molar-refractivity contribution in [3.05, 3.63) is 29.3 Å². The lowest BCUT2D eigenvalue weighted by molar-refractivity contribution is -0.125. The number of benzene rings is 1. The average molecular weight is 343 g/mol. The minimum Gasteiger partial charge on any atom is -0.412 e. The summed E-state index contributed by atoms with van der Waals surface area (Å²) in [5.74, 6) is 6.14. The van der Waals surface area contributed by atoms with Crippen molar-refractivity contribution < 1.29 is 19.2 Å². The van der Waals surface area contributed by atoms with Crippen molar-refractivity contribution in [2.24, 2.45) is 17.7 Å². The SMILES string of the molecule is NOc1ccc(C2CC2)c(C2C(=O)CC(CC3CCOCC3)C2=O)c1. The predicted molar refractivity (Wildman–Crippen MR) is 92.3 cm³/mol. The van der Waals surface area contributed by atoms with Crippen LogP contribution in [-0.4, -0.2) is 24.8 Å². The smallest absolute Gasteiger partial charge is 0.151 e. The lowest BCUT2D eigenvalue weighted by atomic mass is 9.85. The molecule has 4 rings (SSSR count). The Morgan fingerprint density at radius 3 is 2.52 bits per heavy atom. The third-order valence-electron chi connectivity index (χ3n) is 5.94. The van der Waals surface area contributed by atoms with Crippen molar-refractivity contribution in [2.75, 3.05) is 13.2 Å². The van der Waals surface area contributed by atoms with Gasteiger partial charge in [-0.3, -0.25) is 9.59 Å². The summed E-state index contributed by atoms with van der Waals surface area (Å²) < 4.78 is 5.40. The van der Waals surface area contributed by atoms with Gasteiger partial charge in [0.05, 0.1) is 0 Å². The number of carbonyl (C=O) groups excluding carboxylic acids is 2. The van der Waals surface area contributed by atoms with Gasteiger partial charge < -0.3 is 9.57 Å². The van der Waals surface area contributed by atoms with Crippen LogP contribution in [0.25, 0.3) is 0 Å². The summed E-state index contributed by atoms with van der Waals surface area (Å²) in [7, 11) is 0. The molecule has 2 atom stereocenters. The third-order valence-corrected chi connectivity index (χ3v) is 5.94. The minimum atomic E-state index is -0.629. The molecule has 134 valence electrons. The first-order chi connectivity index (χ1) is 12.2. The number of nitrogens with two attached hydrogens (primary N) is 1. The highest BCUT2D eigenvalue weighted by Gasteiger charge is 2.44. The van der Waals surface area contributed by atoms with Crippen molar-refractivity contribution in [3.63, 3.8) is 0 Å². The summed E-state index contributed by atoms with van der Waals surface area (Å²) >= 11 is 0. The molecule has 0 radical (unpaired) electrons. The molecule has 3 fully saturated rings. The van der Waals surface area contributed by atoms with Crippen LogP contribution in [0, 0.1) is 11.8 Å². The zero-order chi connectivity index (χ0) is 17.4. The summed E-state index contributed by atoms with van der Waals surface area (Å²) in [5.41, 5.74) is 1.95. The number of ether oxygens (including phenoxy) is 1. The molecule has 2 unspecified atom stereocenters. The first-order valence-electron chi connectivity index (χ1n) is 9.32. The van der Waals surface area contributed by atoms with Crippen LogP contribution in [0.4, 0.5) is 0 Å². The molecular formula is C20H25NO4. The summed E-state index contributed by atoms with van der Waals surface area (Å²) in [4.78, 5) is 30.6. The van der Waals surface area contributed by atoms with Gasteiger partial charge in [0.2, 0.25) is 0 Å². The highest BCUT2D eigenvalue weighted by atomic mass is 16.6. The molecule has 5 nitrogen and oxygen atoms in total. The van der Waals surface area contributed by atoms with E-state index in [0.29, 0.717) is 24.0 Å². The molecule has 2 aliphatic carbocycles. The quantitative estimate of drug-likeness (QED) is 0.657. The first kappa shape index (κ1) is 16.7. The van der Waals surface area contributed by atoms with Crippen LogP contribution in [0.15, 0.2) is 18.2 Å². The van der Waals surface area contributed by atoms with Gasteiger partial charge in [-0.2, -0.15) is 5.90 Å². The second-order valence-corrected chi connectivity index (χ2v) is 7.68. The van der Waals surface area contributed by atoms with Crippen molar-refractivity contribution in [3.8, 4) is 5.75 Å². The number of rotatable bonds is 5. The maximum absolute atomic E-state index is 13.1. The molecular weight excluding hydrogens is 318 g/mol. The highest BCUT2D eigenvalue weighted by Crippen LogP contribution is 2.47. The fourth-order valence-corrected chi connectivity index (χ4v) is 4.41. The van der Waals surface area contributed by atoms with Crippen LogP contribution in [-0.2, 0) is 14.3 Å². The first-order valence-corrected chi connectivity index (χ1v) is 9.32.